The van der Waals surface area contributed by atoms with Gasteiger partial charge in [-0.15, -0.1) is 0 Å². The van der Waals surface area contributed by atoms with Crippen LogP contribution in [-0.4, -0.2) is 23.2 Å². The zero-order valence-corrected chi connectivity index (χ0v) is 14.1. The summed E-state index contributed by atoms with van der Waals surface area (Å²) >= 11 is 0. The molecule has 1 aromatic heterocycles. The number of ether oxygens (including phenoxy) is 2. The van der Waals surface area contributed by atoms with Crippen LogP contribution in [-0.2, 0) is 11.3 Å². The summed E-state index contributed by atoms with van der Waals surface area (Å²) in [6.07, 6.45) is 2.05. The van der Waals surface area contributed by atoms with Gasteiger partial charge in [0.25, 0.3) is 0 Å². The van der Waals surface area contributed by atoms with Crippen LogP contribution in [0.4, 0.5) is 0 Å². The van der Waals surface area contributed by atoms with Gasteiger partial charge < -0.3 is 14.8 Å². The maximum absolute atomic E-state index is 12.4. The Labute approximate surface area is 150 Å². The van der Waals surface area contributed by atoms with E-state index >= 15 is 0 Å². The second kappa shape index (κ2) is 6.92. The SMILES string of the molecule is O=C(CCC(=O)n1ccc2ccccc21)NCc1ccc2c(c1)OCO2. The van der Waals surface area contributed by atoms with Crippen LogP contribution in [0.3, 0.4) is 0 Å². The number of nitrogens with one attached hydrogen (secondary N) is 1. The molecule has 0 bridgehead atoms. The van der Waals surface area contributed by atoms with E-state index in [-0.39, 0.29) is 31.4 Å². The minimum Gasteiger partial charge on any atom is -0.454 e. The molecule has 0 radical (unpaired) electrons. The molecule has 0 spiro atoms. The van der Waals surface area contributed by atoms with Gasteiger partial charge >= 0.3 is 0 Å². The van der Waals surface area contributed by atoms with E-state index in [1.54, 1.807) is 10.8 Å². The van der Waals surface area contributed by atoms with Crippen LogP contribution in [0.1, 0.15) is 23.2 Å². The minimum atomic E-state index is -0.160. The number of hydrogen-bond acceptors (Lipinski definition) is 4. The Morgan fingerprint density at radius 3 is 2.77 bits per heavy atom. The number of hydrogen-bond donors (Lipinski definition) is 1. The van der Waals surface area contributed by atoms with E-state index in [2.05, 4.69) is 5.32 Å². The van der Waals surface area contributed by atoms with Crippen molar-refractivity contribution in [3.63, 3.8) is 0 Å². The lowest BCUT2D eigenvalue weighted by atomic mass is 10.2. The molecule has 0 unspecified atom stereocenters. The summed E-state index contributed by atoms with van der Waals surface area (Å²) in [5, 5.41) is 3.84. The Morgan fingerprint density at radius 2 is 1.85 bits per heavy atom. The van der Waals surface area contributed by atoms with Gasteiger partial charge in [-0.1, -0.05) is 24.3 Å². The van der Waals surface area contributed by atoms with E-state index < -0.39 is 0 Å². The molecule has 1 aliphatic heterocycles. The summed E-state index contributed by atoms with van der Waals surface area (Å²) in [6, 6.07) is 15.1. The third-order valence-corrected chi connectivity index (χ3v) is 4.36. The fourth-order valence-corrected chi connectivity index (χ4v) is 2.98. The van der Waals surface area contributed by atoms with Gasteiger partial charge in [0.1, 0.15) is 0 Å². The number of benzene rings is 2. The molecular formula is C20H18N2O4. The molecule has 6 heteroatoms. The van der Waals surface area contributed by atoms with Gasteiger partial charge in [0.05, 0.1) is 5.52 Å². The zero-order chi connectivity index (χ0) is 17.9. The van der Waals surface area contributed by atoms with Crippen LogP contribution >= 0.6 is 0 Å². The van der Waals surface area contributed by atoms with E-state index in [1.807, 2.05) is 48.5 Å². The maximum atomic E-state index is 12.4. The fraction of sp³-hybridized carbons (Fsp3) is 0.200. The number of carbonyl (C=O) groups is 2. The van der Waals surface area contributed by atoms with Crippen molar-refractivity contribution in [3.05, 3.63) is 60.3 Å². The Hall–Kier alpha value is -3.28. The molecule has 2 aromatic carbocycles. The summed E-state index contributed by atoms with van der Waals surface area (Å²) in [6.45, 7) is 0.609. The fourth-order valence-electron chi connectivity index (χ4n) is 2.98. The summed E-state index contributed by atoms with van der Waals surface area (Å²) in [7, 11) is 0. The first-order valence-electron chi connectivity index (χ1n) is 8.45. The van der Waals surface area contributed by atoms with E-state index in [0.717, 1.165) is 16.5 Å². The number of amides is 1. The quantitative estimate of drug-likeness (QED) is 0.768. The Bertz CT molecular complexity index is 977. The molecule has 0 aliphatic carbocycles. The van der Waals surface area contributed by atoms with E-state index in [9.17, 15) is 9.59 Å². The van der Waals surface area contributed by atoms with Crippen molar-refractivity contribution in [3.8, 4) is 11.5 Å². The highest BCUT2D eigenvalue weighted by Crippen LogP contribution is 2.32. The maximum Gasteiger partial charge on any atom is 0.231 e. The highest BCUT2D eigenvalue weighted by molar-refractivity contribution is 5.93. The van der Waals surface area contributed by atoms with Crippen molar-refractivity contribution < 1.29 is 19.1 Å². The van der Waals surface area contributed by atoms with Crippen LogP contribution in [0.5, 0.6) is 11.5 Å². The first-order valence-corrected chi connectivity index (χ1v) is 8.45. The molecule has 6 nitrogen and oxygen atoms in total. The van der Waals surface area contributed by atoms with Gasteiger partial charge in [0.2, 0.25) is 18.6 Å². The van der Waals surface area contributed by atoms with E-state index in [0.29, 0.717) is 18.0 Å². The molecule has 132 valence electrons. The van der Waals surface area contributed by atoms with Crippen molar-refractivity contribution in [1.29, 1.82) is 0 Å². The molecule has 26 heavy (non-hydrogen) atoms. The summed E-state index contributed by atoms with van der Waals surface area (Å²) < 4.78 is 12.2. The average molecular weight is 350 g/mol. The second-order valence-electron chi connectivity index (χ2n) is 6.10. The van der Waals surface area contributed by atoms with Gasteiger partial charge in [-0.2, -0.15) is 0 Å². The molecule has 2 heterocycles. The number of rotatable bonds is 5. The lowest BCUT2D eigenvalue weighted by molar-refractivity contribution is -0.121. The van der Waals surface area contributed by atoms with Crippen molar-refractivity contribution >= 4 is 22.7 Å². The highest BCUT2D eigenvalue weighted by Gasteiger charge is 2.14. The predicted octanol–water partition coefficient (Wildman–Crippen LogP) is 3.11. The Morgan fingerprint density at radius 1 is 1.00 bits per heavy atom. The number of para-hydroxylation sites is 1. The summed E-state index contributed by atoms with van der Waals surface area (Å²) in [4.78, 5) is 24.4. The molecular weight excluding hydrogens is 332 g/mol. The Balaban J connectivity index is 1.30. The highest BCUT2D eigenvalue weighted by atomic mass is 16.7. The van der Waals surface area contributed by atoms with Crippen LogP contribution in [0.15, 0.2) is 54.7 Å². The number of nitrogens with zero attached hydrogens (tertiary/aromatic N) is 1. The molecule has 4 rings (SSSR count). The van der Waals surface area contributed by atoms with Gasteiger partial charge in [0, 0.05) is 31.0 Å². The van der Waals surface area contributed by atoms with Crippen LogP contribution in [0, 0.1) is 0 Å². The topological polar surface area (TPSA) is 69.6 Å². The largest absolute Gasteiger partial charge is 0.454 e. The molecule has 0 saturated carbocycles. The van der Waals surface area contributed by atoms with Crippen LogP contribution in [0.25, 0.3) is 10.9 Å². The molecule has 1 amide bonds. The average Bonchev–Trinajstić information content (AvgIpc) is 3.30. The number of aromatic nitrogens is 1. The second-order valence-corrected chi connectivity index (χ2v) is 6.10. The van der Waals surface area contributed by atoms with E-state index in [4.69, 9.17) is 9.47 Å². The molecule has 3 aromatic rings. The lowest BCUT2D eigenvalue weighted by Crippen LogP contribution is -2.24. The lowest BCUT2D eigenvalue weighted by Gasteiger charge is -2.07. The zero-order valence-electron chi connectivity index (χ0n) is 14.1. The third-order valence-electron chi connectivity index (χ3n) is 4.36. The van der Waals surface area contributed by atoms with Gasteiger partial charge in [-0.3, -0.25) is 14.2 Å². The van der Waals surface area contributed by atoms with Gasteiger partial charge in [-0.05, 0) is 29.8 Å². The first kappa shape index (κ1) is 16.2. The van der Waals surface area contributed by atoms with Crippen molar-refractivity contribution in [2.45, 2.75) is 19.4 Å². The normalized spacial score (nSPS) is 12.3. The van der Waals surface area contributed by atoms with Gasteiger partial charge in [0.15, 0.2) is 11.5 Å². The summed E-state index contributed by atoms with van der Waals surface area (Å²) in [5.74, 6) is 1.15. The van der Waals surface area contributed by atoms with Gasteiger partial charge in [-0.25, -0.2) is 0 Å². The molecule has 0 atom stereocenters. The van der Waals surface area contributed by atoms with Crippen molar-refractivity contribution in [2.75, 3.05) is 6.79 Å². The summed E-state index contributed by atoms with van der Waals surface area (Å²) in [5.41, 5.74) is 1.78. The predicted molar refractivity (Wildman–Crippen MR) is 96.2 cm³/mol. The number of fused-ring (bicyclic) bond motifs is 2. The minimum absolute atomic E-state index is 0.0931. The van der Waals surface area contributed by atoms with Crippen LogP contribution < -0.4 is 14.8 Å². The molecule has 0 saturated heterocycles. The standard InChI is InChI=1S/C20H18N2O4/c23-19(21-12-14-5-6-17-18(11-14)26-13-25-17)7-8-20(24)22-10-9-15-3-1-2-4-16(15)22/h1-6,9-11H,7-8,12-13H2,(H,21,23). The third kappa shape index (κ3) is 3.26. The van der Waals surface area contributed by atoms with Crippen molar-refractivity contribution in [2.24, 2.45) is 0 Å². The number of carbonyl (C=O) groups excluding carboxylic acids is 2. The molecule has 1 aliphatic rings. The smallest absolute Gasteiger partial charge is 0.231 e. The van der Waals surface area contributed by atoms with Crippen LogP contribution in [0.2, 0.25) is 0 Å². The van der Waals surface area contributed by atoms with E-state index in [1.165, 1.54) is 0 Å². The molecule has 1 N–H and O–H groups in total. The Kier molecular flexibility index (Phi) is 4.31. The monoisotopic (exact) mass is 350 g/mol. The first-order chi connectivity index (χ1) is 12.7. The van der Waals surface area contributed by atoms with Crippen molar-refractivity contribution in [1.82, 2.24) is 9.88 Å². The molecule has 0 fully saturated rings.